The van der Waals surface area contributed by atoms with Gasteiger partial charge in [0.2, 0.25) is 0 Å². The molecule has 3 aromatic carbocycles. The largest absolute Gasteiger partial charge is 0.382 e. The minimum Gasteiger partial charge on any atom is -0.382 e. The average Bonchev–Trinajstić information content (AvgIpc) is 2.68. The Kier molecular flexibility index (Phi) is 5.75. The highest BCUT2D eigenvalue weighted by atomic mass is 32.2. The Hall–Kier alpha value is -2.47. The minimum absolute atomic E-state index is 0.0585. The van der Waals surface area contributed by atoms with E-state index >= 15 is 0 Å². The van der Waals surface area contributed by atoms with E-state index in [1.165, 1.54) is 12.1 Å². The molecule has 4 nitrogen and oxygen atoms in total. The van der Waals surface area contributed by atoms with E-state index in [4.69, 9.17) is 4.18 Å². The highest BCUT2D eigenvalue weighted by molar-refractivity contribution is 7.86. The lowest BCUT2D eigenvalue weighted by atomic mass is 9.88. The standard InChI is InChI=1S/C22H21O4S/c1-18-12-14-21(15-13-18)27(24,25)26-17-22(23,20-10-6-3-7-11-20)16-19-8-4-2-5-9-19/h2-16,23H,17H2,1H3. The Morgan fingerprint density at radius 2 is 1.44 bits per heavy atom. The third-order valence-electron chi connectivity index (χ3n) is 4.22. The van der Waals surface area contributed by atoms with E-state index in [1.807, 2.05) is 43.3 Å². The summed E-state index contributed by atoms with van der Waals surface area (Å²) < 4.78 is 30.3. The fourth-order valence-electron chi connectivity index (χ4n) is 2.70. The highest BCUT2D eigenvalue weighted by Crippen LogP contribution is 2.29. The van der Waals surface area contributed by atoms with Crippen molar-refractivity contribution in [3.05, 3.63) is 108 Å². The van der Waals surface area contributed by atoms with Gasteiger partial charge in [0.25, 0.3) is 10.1 Å². The summed E-state index contributed by atoms with van der Waals surface area (Å²) in [4.78, 5) is 0.0585. The number of rotatable bonds is 7. The average molecular weight is 381 g/mol. The van der Waals surface area contributed by atoms with Crippen LogP contribution in [0.15, 0.2) is 89.8 Å². The van der Waals surface area contributed by atoms with Crippen LogP contribution < -0.4 is 0 Å². The molecule has 0 bridgehead atoms. The first kappa shape index (κ1) is 19.3. The van der Waals surface area contributed by atoms with E-state index in [9.17, 15) is 13.5 Å². The molecule has 0 amide bonds. The first-order chi connectivity index (χ1) is 12.9. The quantitative estimate of drug-likeness (QED) is 0.632. The molecule has 3 aromatic rings. The maximum atomic E-state index is 12.5. The van der Waals surface area contributed by atoms with E-state index in [-0.39, 0.29) is 4.90 Å². The van der Waals surface area contributed by atoms with Gasteiger partial charge in [0.05, 0.1) is 4.90 Å². The molecular formula is C22H21O4S. The zero-order chi connectivity index (χ0) is 19.3. The van der Waals surface area contributed by atoms with Crippen molar-refractivity contribution in [2.75, 3.05) is 6.61 Å². The summed E-state index contributed by atoms with van der Waals surface area (Å²) in [5.41, 5.74) is 0.667. The summed E-state index contributed by atoms with van der Waals surface area (Å²) >= 11 is 0. The first-order valence-electron chi connectivity index (χ1n) is 8.54. The molecule has 27 heavy (non-hydrogen) atoms. The molecule has 0 aliphatic rings. The molecule has 0 fully saturated rings. The molecule has 0 spiro atoms. The second kappa shape index (κ2) is 8.05. The van der Waals surface area contributed by atoms with E-state index in [0.29, 0.717) is 5.56 Å². The van der Waals surface area contributed by atoms with Gasteiger partial charge < -0.3 is 5.11 Å². The normalized spacial score (nSPS) is 13.9. The summed E-state index contributed by atoms with van der Waals surface area (Å²) in [5.74, 6) is 0. The van der Waals surface area contributed by atoms with Crippen LogP contribution in [0.3, 0.4) is 0 Å². The molecule has 3 rings (SSSR count). The molecular weight excluding hydrogens is 360 g/mol. The van der Waals surface area contributed by atoms with Gasteiger partial charge in [0, 0.05) is 6.42 Å². The Labute approximate surface area is 160 Å². The molecule has 0 aliphatic heterocycles. The number of aryl methyl sites for hydroxylation is 1. The molecule has 139 valence electrons. The molecule has 0 aromatic heterocycles. The van der Waals surface area contributed by atoms with E-state index in [2.05, 4.69) is 0 Å². The first-order valence-corrected chi connectivity index (χ1v) is 9.95. The predicted molar refractivity (Wildman–Crippen MR) is 104 cm³/mol. The third kappa shape index (κ3) is 4.83. The summed E-state index contributed by atoms with van der Waals surface area (Å²) in [5, 5.41) is 11.2. The van der Waals surface area contributed by atoms with Crippen LogP contribution in [0.1, 0.15) is 16.7 Å². The molecule has 0 saturated heterocycles. The second-order valence-corrected chi connectivity index (χ2v) is 7.99. The maximum absolute atomic E-state index is 12.5. The van der Waals surface area contributed by atoms with E-state index in [0.717, 1.165) is 11.1 Å². The Balaban J connectivity index is 1.86. The lowest BCUT2D eigenvalue weighted by Gasteiger charge is -2.28. The monoisotopic (exact) mass is 381 g/mol. The van der Waals surface area contributed by atoms with Crippen molar-refractivity contribution >= 4 is 10.1 Å². The highest BCUT2D eigenvalue weighted by Gasteiger charge is 2.33. The summed E-state index contributed by atoms with van der Waals surface area (Å²) in [6.07, 6.45) is 1.60. The zero-order valence-electron chi connectivity index (χ0n) is 14.9. The van der Waals surface area contributed by atoms with Crippen LogP contribution in [0.2, 0.25) is 0 Å². The van der Waals surface area contributed by atoms with Gasteiger partial charge in [-0.25, -0.2) is 0 Å². The minimum atomic E-state index is -3.99. The lowest BCUT2D eigenvalue weighted by molar-refractivity contribution is 0.0251. The van der Waals surface area contributed by atoms with Crippen LogP contribution in [0.5, 0.6) is 0 Å². The van der Waals surface area contributed by atoms with Crippen LogP contribution in [0, 0.1) is 13.3 Å². The second-order valence-electron chi connectivity index (χ2n) is 6.37. The van der Waals surface area contributed by atoms with Gasteiger partial charge in [-0.05, 0) is 30.2 Å². The van der Waals surface area contributed by atoms with Gasteiger partial charge in [-0.1, -0.05) is 78.4 Å². The molecule has 0 heterocycles. The van der Waals surface area contributed by atoms with E-state index < -0.39 is 22.3 Å². The van der Waals surface area contributed by atoms with E-state index in [1.54, 1.807) is 42.8 Å². The van der Waals surface area contributed by atoms with Gasteiger partial charge in [0.15, 0.2) is 0 Å². The summed E-state index contributed by atoms with van der Waals surface area (Å²) in [6.45, 7) is 1.45. The summed E-state index contributed by atoms with van der Waals surface area (Å²) in [7, 11) is -3.99. The van der Waals surface area contributed by atoms with Crippen LogP contribution in [-0.4, -0.2) is 20.1 Å². The molecule has 1 unspecified atom stereocenters. The van der Waals surface area contributed by atoms with Gasteiger partial charge >= 0.3 is 0 Å². The van der Waals surface area contributed by atoms with Crippen molar-refractivity contribution in [1.82, 2.24) is 0 Å². The lowest BCUT2D eigenvalue weighted by Crippen LogP contribution is -2.34. The van der Waals surface area contributed by atoms with Crippen molar-refractivity contribution in [2.24, 2.45) is 0 Å². The SMILES string of the molecule is Cc1ccc(S(=O)(=O)OCC(O)([CH]c2ccccc2)c2ccccc2)cc1. The van der Waals surface area contributed by atoms with Gasteiger partial charge in [0.1, 0.15) is 12.2 Å². The van der Waals surface area contributed by atoms with Crippen molar-refractivity contribution in [3.8, 4) is 0 Å². The zero-order valence-corrected chi connectivity index (χ0v) is 15.8. The number of hydrogen-bond donors (Lipinski definition) is 1. The predicted octanol–water partition coefficient (Wildman–Crippen LogP) is 3.84. The third-order valence-corrected chi connectivity index (χ3v) is 5.50. The number of benzene rings is 3. The Morgan fingerprint density at radius 1 is 0.889 bits per heavy atom. The smallest absolute Gasteiger partial charge is 0.297 e. The van der Waals surface area contributed by atoms with Crippen LogP contribution in [-0.2, 0) is 19.9 Å². The summed E-state index contributed by atoms with van der Waals surface area (Å²) in [6, 6.07) is 24.5. The van der Waals surface area contributed by atoms with Gasteiger partial charge in [-0.3, -0.25) is 4.18 Å². The maximum Gasteiger partial charge on any atom is 0.297 e. The van der Waals surface area contributed by atoms with Crippen molar-refractivity contribution < 1.29 is 17.7 Å². The molecule has 0 saturated carbocycles. The molecule has 5 heteroatoms. The fraction of sp³-hybridized carbons (Fsp3) is 0.136. The molecule has 1 atom stereocenters. The molecule has 1 radical (unpaired) electrons. The van der Waals surface area contributed by atoms with Crippen LogP contribution in [0.25, 0.3) is 0 Å². The van der Waals surface area contributed by atoms with Crippen LogP contribution >= 0.6 is 0 Å². The number of aliphatic hydroxyl groups is 1. The fourth-order valence-corrected chi connectivity index (χ4v) is 3.64. The van der Waals surface area contributed by atoms with Crippen molar-refractivity contribution in [2.45, 2.75) is 17.4 Å². The molecule has 0 aliphatic carbocycles. The number of hydrogen-bond acceptors (Lipinski definition) is 4. The Bertz CT molecular complexity index is 968. The van der Waals surface area contributed by atoms with Crippen LogP contribution in [0.4, 0.5) is 0 Å². The van der Waals surface area contributed by atoms with Gasteiger partial charge in [-0.2, -0.15) is 8.42 Å². The Morgan fingerprint density at radius 3 is 2.04 bits per heavy atom. The molecule has 1 N–H and O–H groups in total. The van der Waals surface area contributed by atoms with Crippen molar-refractivity contribution in [1.29, 1.82) is 0 Å². The van der Waals surface area contributed by atoms with Gasteiger partial charge in [-0.15, -0.1) is 0 Å². The van der Waals surface area contributed by atoms with Crippen molar-refractivity contribution in [3.63, 3.8) is 0 Å². The topological polar surface area (TPSA) is 63.6 Å².